The van der Waals surface area contributed by atoms with E-state index in [0.717, 1.165) is 30.5 Å². The van der Waals surface area contributed by atoms with Crippen molar-refractivity contribution in [3.05, 3.63) is 40.9 Å². The van der Waals surface area contributed by atoms with Crippen LogP contribution in [-0.4, -0.2) is 42.0 Å². The normalized spacial score (nSPS) is 18.7. The molecular formula is C21H23N3O4S. The molecule has 0 spiro atoms. The molecule has 2 aliphatic rings. The van der Waals surface area contributed by atoms with E-state index in [9.17, 15) is 14.4 Å². The van der Waals surface area contributed by atoms with E-state index in [4.69, 9.17) is 4.74 Å². The second-order valence-corrected chi connectivity index (χ2v) is 8.22. The number of rotatable bonds is 5. The van der Waals surface area contributed by atoms with Gasteiger partial charge in [0.05, 0.1) is 12.1 Å². The highest BCUT2D eigenvalue weighted by atomic mass is 32.1. The molecule has 0 saturated carbocycles. The van der Waals surface area contributed by atoms with Gasteiger partial charge in [-0.3, -0.25) is 19.3 Å². The number of amides is 2. The average Bonchev–Trinajstić information content (AvgIpc) is 3.34. The van der Waals surface area contributed by atoms with E-state index in [-0.39, 0.29) is 30.9 Å². The Morgan fingerprint density at radius 1 is 1.28 bits per heavy atom. The molecule has 1 atom stereocenters. The van der Waals surface area contributed by atoms with Crippen LogP contribution in [-0.2, 0) is 32.0 Å². The maximum absolute atomic E-state index is 12.7. The molecule has 1 fully saturated rings. The van der Waals surface area contributed by atoms with Gasteiger partial charge in [0.15, 0.2) is 11.7 Å². The zero-order valence-electron chi connectivity index (χ0n) is 16.3. The van der Waals surface area contributed by atoms with E-state index in [1.165, 1.54) is 11.3 Å². The molecule has 1 aromatic carbocycles. The monoisotopic (exact) mass is 413 g/mol. The van der Waals surface area contributed by atoms with E-state index in [1.54, 1.807) is 15.2 Å². The Balaban J connectivity index is 1.34. The van der Waals surface area contributed by atoms with Gasteiger partial charge >= 0.3 is 5.97 Å². The van der Waals surface area contributed by atoms with Crippen molar-refractivity contribution in [2.45, 2.75) is 45.1 Å². The Morgan fingerprint density at radius 3 is 2.90 bits per heavy atom. The number of aryl methyl sites for hydroxylation is 1. The van der Waals surface area contributed by atoms with Crippen LogP contribution >= 0.6 is 11.3 Å². The van der Waals surface area contributed by atoms with E-state index >= 15 is 0 Å². The number of carbonyl (C=O) groups is 3. The van der Waals surface area contributed by atoms with Crippen LogP contribution in [0.4, 0.5) is 10.8 Å². The lowest BCUT2D eigenvalue weighted by Gasteiger charge is -2.35. The molecule has 0 N–H and O–H groups in total. The first-order chi connectivity index (χ1) is 14.0. The lowest BCUT2D eigenvalue weighted by Crippen LogP contribution is -2.44. The largest absolute Gasteiger partial charge is 0.455 e. The number of hydrogen-bond acceptors (Lipinski definition) is 6. The van der Waals surface area contributed by atoms with Crippen molar-refractivity contribution < 1.29 is 19.1 Å². The fourth-order valence-electron chi connectivity index (χ4n) is 3.83. The molecule has 4 rings (SSSR count). The van der Waals surface area contributed by atoms with Gasteiger partial charge in [-0.05, 0) is 37.8 Å². The van der Waals surface area contributed by atoms with E-state index < -0.39 is 5.97 Å². The maximum atomic E-state index is 12.7. The van der Waals surface area contributed by atoms with Crippen LogP contribution in [0, 0.1) is 0 Å². The Hall–Kier alpha value is -2.74. The number of hydrogen-bond donors (Lipinski definition) is 0. The number of para-hydroxylation sites is 1. The highest BCUT2D eigenvalue weighted by molar-refractivity contribution is 7.14. The Morgan fingerprint density at radius 2 is 2.10 bits per heavy atom. The van der Waals surface area contributed by atoms with Crippen molar-refractivity contribution in [2.24, 2.45) is 0 Å². The van der Waals surface area contributed by atoms with E-state index in [2.05, 4.69) is 4.98 Å². The molecule has 2 aliphatic heterocycles. The van der Waals surface area contributed by atoms with Crippen molar-refractivity contribution in [2.75, 3.05) is 23.0 Å². The van der Waals surface area contributed by atoms with Gasteiger partial charge in [-0.1, -0.05) is 18.2 Å². The Labute approximate surface area is 173 Å². The van der Waals surface area contributed by atoms with Gasteiger partial charge in [-0.25, -0.2) is 4.98 Å². The number of anilines is 2. The molecule has 1 unspecified atom stereocenters. The van der Waals surface area contributed by atoms with E-state index in [0.29, 0.717) is 23.8 Å². The number of benzene rings is 1. The van der Waals surface area contributed by atoms with Gasteiger partial charge in [-0.2, -0.15) is 0 Å². The molecule has 29 heavy (non-hydrogen) atoms. The summed E-state index contributed by atoms with van der Waals surface area (Å²) in [5, 5.41) is 2.37. The van der Waals surface area contributed by atoms with Crippen molar-refractivity contribution in [3.63, 3.8) is 0 Å². The molecule has 1 aromatic heterocycles. The number of ether oxygens (including phenoxy) is 1. The van der Waals surface area contributed by atoms with Crippen molar-refractivity contribution >= 4 is 39.9 Å². The second-order valence-electron chi connectivity index (χ2n) is 7.39. The molecule has 3 heterocycles. The summed E-state index contributed by atoms with van der Waals surface area (Å²) < 4.78 is 5.23. The van der Waals surface area contributed by atoms with Crippen LogP contribution < -0.4 is 9.80 Å². The number of fused-ring (bicyclic) bond motifs is 1. The van der Waals surface area contributed by atoms with Crippen LogP contribution in [0.15, 0.2) is 29.6 Å². The smallest absolute Gasteiger partial charge is 0.312 e. The highest BCUT2D eigenvalue weighted by Crippen LogP contribution is 2.30. The molecular weight excluding hydrogens is 390 g/mol. The van der Waals surface area contributed by atoms with Crippen molar-refractivity contribution in [1.29, 1.82) is 0 Å². The number of aromatic nitrogens is 1. The SMILES string of the molecule is CC1CCc2ccccc2N1C(=O)COC(=O)Cc1csc(N2CCCC2=O)n1. The van der Waals surface area contributed by atoms with E-state index in [1.807, 2.05) is 31.2 Å². The zero-order chi connectivity index (χ0) is 20.4. The molecule has 2 aromatic rings. The van der Waals surface area contributed by atoms with Gasteiger partial charge in [0.25, 0.3) is 5.91 Å². The summed E-state index contributed by atoms with van der Waals surface area (Å²) in [4.78, 5) is 44.5. The number of thiazole rings is 1. The fourth-order valence-corrected chi connectivity index (χ4v) is 4.70. The Kier molecular flexibility index (Phi) is 5.62. The first-order valence-corrected chi connectivity index (χ1v) is 10.7. The predicted molar refractivity (Wildman–Crippen MR) is 110 cm³/mol. The molecule has 0 aliphatic carbocycles. The minimum atomic E-state index is -0.499. The average molecular weight is 413 g/mol. The Bertz CT molecular complexity index is 942. The molecule has 0 radical (unpaired) electrons. The third kappa shape index (κ3) is 4.17. The third-order valence-corrected chi connectivity index (χ3v) is 6.23. The summed E-state index contributed by atoms with van der Waals surface area (Å²) >= 11 is 1.34. The molecule has 8 heteroatoms. The van der Waals surface area contributed by atoms with Crippen LogP contribution in [0.2, 0.25) is 0 Å². The molecule has 1 saturated heterocycles. The quantitative estimate of drug-likeness (QED) is 0.704. The highest BCUT2D eigenvalue weighted by Gasteiger charge is 2.29. The number of nitrogens with zero attached hydrogens (tertiary/aromatic N) is 3. The summed E-state index contributed by atoms with van der Waals surface area (Å²) in [6.45, 7) is 2.38. The van der Waals surface area contributed by atoms with Crippen molar-refractivity contribution in [3.8, 4) is 0 Å². The third-order valence-electron chi connectivity index (χ3n) is 5.32. The minimum Gasteiger partial charge on any atom is -0.455 e. The minimum absolute atomic E-state index is 0.0159. The standard InChI is InChI=1S/C21H23N3O4S/c1-14-8-9-15-5-2-3-6-17(15)24(14)19(26)12-28-20(27)11-16-13-29-21(22-16)23-10-4-7-18(23)25/h2-3,5-6,13-14H,4,7-12H2,1H3. The lowest BCUT2D eigenvalue weighted by atomic mass is 9.96. The predicted octanol–water partition coefficient (Wildman–Crippen LogP) is 2.72. The van der Waals surface area contributed by atoms with Crippen LogP contribution in [0.3, 0.4) is 0 Å². The topological polar surface area (TPSA) is 79.8 Å². The van der Waals surface area contributed by atoms with Crippen molar-refractivity contribution in [1.82, 2.24) is 4.98 Å². The first kappa shape index (κ1) is 19.6. The van der Waals surface area contributed by atoms with Gasteiger partial charge < -0.3 is 9.64 Å². The summed E-state index contributed by atoms with van der Waals surface area (Å²) in [7, 11) is 0. The van der Waals surface area contributed by atoms with Gasteiger partial charge in [0.1, 0.15) is 0 Å². The van der Waals surface area contributed by atoms with Crippen LogP contribution in [0.5, 0.6) is 0 Å². The molecule has 7 nitrogen and oxygen atoms in total. The fraction of sp³-hybridized carbons (Fsp3) is 0.429. The number of carbonyl (C=O) groups excluding carboxylic acids is 3. The van der Waals surface area contributed by atoms with Gasteiger partial charge in [0.2, 0.25) is 5.91 Å². The lowest BCUT2D eigenvalue weighted by molar-refractivity contribution is -0.147. The second kappa shape index (κ2) is 8.32. The maximum Gasteiger partial charge on any atom is 0.312 e. The summed E-state index contributed by atoms with van der Waals surface area (Å²) in [6.07, 6.45) is 3.17. The van der Waals surface area contributed by atoms with Gasteiger partial charge in [0, 0.05) is 30.1 Å². The molecule has 152 valence electrons. The summed E-state index contributed by atoms with van der Waals surface area (Å²) in [5.41, 5.74) is 2.59. The number of esters is 1. The van der Waals surface area contributed by atoms with Gasteiger partial charge in [-0.15, -0.1) is 11.3 Å². The summed E-state index contributed by atoms with van der Waals surface area (Å²) in [6, 6.07) is 7.90. The molecule has 2 amide bonds. The molecule has 0 bridgehead atoms. The summed E-state index contributed by atoms with van der Waals surface area (Å²) in [5.74, 6) is -0.657. The first-order valence-electron chi connectivity index (χ1n) is 9.83. The van der Waals surface area contributed by atoms with Crippen LogP contribution in [0.1, 0.15) is 37.4 Å². The van der Waals surface area contributed by atoms with Crippen LogP contribution in [0.25, 0.3) is 0 Å². The zero-order valence-corrected chi connectivity index (χ0v) is 17.1.